The van der Waals surface area contributed by atoms with Crippen LogP contribution in [0.5, 0.6) is 0 Å². The van der Waals surface area contributed by atoms with Gasteiger partial charge in [-0.15, -0.1) is 0 Å². The van der Waals surface area contributed by atoms with Crippen molar-refractivity contribution < 1.29 is 13.2 Å². The van der Waals surface area contributed by atoms with Crippen LogP contribution in [0.4, 0.5) is 28.8 Å². The van der Waals surface area contributed by atoms with Gasteiger partial charge in [-0.05, 0) is 63.1 Å². The number of H-pyrrole nitrogens is 1. The summed E-state index contributed by atoms with van der Waals surface area (Å²) >= 11 is 0. The van der Waals surface area contributed by atoms with Crippen LogP contribution in [0.2, 0.25) is 0 Å². The molecule has 1 aliphatic rings. The summed E-state index contributed by atoms with van der Waals surface area (Å²) in [4.78, 5) is 24.6. The van der Waals surface area contributed by atoms with Crippen molar-refractivity contribution in [2.24, 2.45) is 5.92 Å². The molecule has 5 rings (SSSR count). The largest absolute Gasteiger partial charge is 0.357 e. The second-order valence-electron chi connectivity index (χ2n) is 8.82. The molecule has 4 aromatic rings. The van der Waals surface area contributed by atoms with E-state index in [-0.39, 0.29) is 16.7 Å². The van der Waals surface area contributed by atoms with Gasteiger partial charge in [0, 0.05) is 23.5 Å². The minimum absolute atomic E-state index is 0.0358. The number of amides is 1. The van der Waals surface area contributed by atoms with E-state index in [9.17, 15) is 13.2 Å². The maximum absolute atomic E-state index is 12.9. The van der Waals surface area contributed by atoms with Crippen molar-refractivity contribution in [1.29, 1.82) is 0 Å². The molecule has 0 radical (unpaired) electrons. The maximum Gasteiger partial charge on any atom is 0.229 e. The molecule has 0 atom stereocenters. The predicted octanol–water partition coefficient (Wildman–Crippen LogP) is 4.98. The van der Waals surface area contributed by atoms with Gasteiger partial charge in [0.25, 0.3) is 0 Å². The number of nitrogens with one attached hydrogen (secondary N) is 4. The van der Waals surface area contributed by atoms with Crippen LogP contribution < -0.4 is 16.0 Å². The standard InChI is InChI=1S/C25H26N6O3S/c1-15(2)35(33,34)21-9-4-3-8-19(21)29-23-22-20(12-13-26-22)30-25(31-23)28-18-7-5-6-17(14-18)27-24(32)16-10-11-16/h3-9,12-16,26H,10-11H2,1-2H3,(H,27,32)(H2,28,29,30,31). The third kappa shape index (κ3) is 4.83. The molecule has 35 heavy (non-hydrogen) atoms. The van der Waals surface area contributed by atoms with Crippen LogP contribution in [0.1, 0.15) is 26.7 Å². The average molecular weight is 491 g/mol. The summed E-state index contributed by atoms with van der Waals surface area (Å²) in [5.41, 5.74) is 3.15. The van der Waals surface area contributed by atoms with E-state index in [1.165, 1.54) is 0 Å². The first-order valence-corrected chi connectivity index (χ1v) is 13.0. The first-order chi connectivity index (χ1) is 16.8. The number of hydrogen-bond donors (Lipinski definition) is 4. The molecule has 0 bridgehead atoms. The molecule has 1 aliphatic carbocycles. The minimum atomic E-state index is -3.51. The number of carbonyl (C=O) groups is 1. The Morgan fingerprint density at radius 1 is 1.00 bits per heavy atom. The predicted molar refractivity (Wildman–Crippen MR) is 137 cm³/mol. The highest BCUT2D eigenvalue weighted by atomic mass is 32.2. The van der Waals surface area contributed by atoms with Gasteiger partial charge in [-0.1, -0.05) is 18.2 Å². The Morgan fingerprint density at radius 2 is 1.77 bits per heavy atom. The van der Waals surface area contributed by atoms with Crippen LogP contribution in [0.15, 0.2) is 65.7 Å². The van der Waals surface area contributed by atoms with Gasteiger partial charge in [-0.25, -0.2) is 13.4 Å². The number of sulfone groups is 1. The Bertz CT molecular complexity index is 1510. The lowest BCUT2D eigenvalue weighted by Crippen LogP contribution is -2.15. The molecule has 1 fully saturated rings. The normalized spacial score (nSPS) is 13.7. The zero-order chi connectivity index (χ0) is 24.6. The molecule has 2 aromatic heterocycles. The smallest absolute Gasteiger partial charge is 0.229 e. The molecule has 1 saturated carbocycles. The van der Waals surface area contributed by atoms with Gasteiger partial charge in [0.15, 0.2) is 15.7 Å². The number of para-hydroxylation sites is 1. The van der Waals surface area contributed by atoms with Gasteiger partial charge in [0.05, 0.1) is 21.3 Å². The van der Waals surface area contributed by atoms with Gasteiger partial charge < -0.3 is 20.9 Å². The van der Waals surface area contributed by atoms with Crippen LogP contribution >= 0.6 is 0 Å². The number of fused-ring (bicyclic) bond motifs is 1. The van der Waals surface area contributed by atoms with Crippen molar-refractivity contribution in [2.45, 2.75) is 36.8 Å². The van der Waals surface area contributed by atoms with Crippen LogP contribution in [-0.2, 0) is 14.6 Å². The van der Waals surface area contributed by atoms with E-state index in [1.807, 2.05) is 30.3 Å². The third-order valence-corrected chi connectivity index (χ3v) is 8.02. The van der Waals surface area contributed by atoms with Crippen LogP contribution in [-0.4, -0.2) is 34.5 Å². The Balaban J connectivity index is 1.46. The van der Waals surface area contributed by atoms with E-state index in [2.05, 4.69) is 30.9 Å². The number of rotatable bonds is 8. The third-order valence-electron chi connectivity index (χ3n) is 5.81. The Morgan fingerprint density at radius 3 is 2.54 bits per heavy atom. The minimum Gasteiger partial charge on any atom is -0.357 e. The lowest BCUT2D eigenvalue weighted by atomic mass is 10.2. The molecular weight excluding hydrogens is 464 g/mol. The molecule has 0 unspecified atom stereocenters. The number of carbonyl (C=O) groups excluding carboxylic acids is 1. The van der Waals surface area contributed by atoms with Gasteiger partial charge in [-0.2, -0.15) is 4.98 Å². The first-order valence-electron chi connectivity index (χ1n) is 11.4. The zero-order valence-electron chi connectivity index (χ0n) is 19.4. The van der Waals surface area contributed by atoms with Gasteiger partial charge in [0.1, 0.15) is 5.52 Å². The number of aromatic amines is 1. The fourth-order valence-corrected chi connectivity index (χ4v) is 4.89. The molecule has 0 saturated heterocycles. The fourth-order valence-electron chi connectivity index (χ4n) is 3.68. The number of benzene rings is 2. The van der Waals surface area contributed by atoms with Crippen molar-refractivity contribution in [3.8, 4) is 0 Å². The number of nitrogens with zero attached hydrogens (tertiary/aromatic N) is 2. The first kappa shape index (κ1) is 22.9. The highest BCUT2D eigenvalue weighted by Gasteiger charge is 2.29. The molecular formula is C25H26N6O3S. The SMILES string of the molecule is CC(C)S(=O)(=O)c1ccccc1Nc1nc(Nc2cccc(NC(=O)C3CC3)c2)nc2cc[nH]c12. The van der Waals surface area contributed by atoms with Crippen LogP contribution in [0.25, 0.3) is 11.0 Å². The van der Waals surface area contributed by atoms with Crippen molar-refractivity contribution in [2.75, 3.05) is 16.0 Å². The summed E-state index contributed by atoms with van der Waals surface area (Å²) in [6.07, 6.45) is 3.62. The second kappa shape index (κ2) is 9.03. The summed E-state index contributed by atoms with van der Waals surface area (Å²) < 4.78 is 25.8. The van der Waals surface area contributed by atoms with E-state index in [4.69, 9.17) is 0 Å². The molecule has 2 aromatic carbocycles. The number of anilines is 5. The summed E-state index contributed by atoms with van der Waals surface area (Å²) in [5.74, 6) is 0.914. The van der Waals surface area contributed by atoms with Gasteiger partial charge in [0.2, 0.25) is 11.9 Å². The lowest BCUT2D eigenvalue weighted by Gasteiger charge is -2.15. The van der Waals surface area contributed by atoms with Crippen molar-refractivity contribution in [3.63, 3.8) is 0 Å². The molecule has 10 heteroatoms. The van der Waals surface area contributed by atoms with E-state index >= 15 is 0 Å². The topological polar surface area (TPSA) is 129 Å². The monoisotopic (exact) mass is 490 g/mol. The lowest BCUT2D eigenvalue weighted by molar-refractivity contribution is -0.117. The summed E-state index contributed by atoms with van der Waals surface area (Å²) in [7, 11) is -3.51. The van der Waals surface area contributed by atoms with E-state index < -0.39 is 15.1 Å². The Hall–Kier alpha value is -3.92. The average Bonchev–Trinajstić information content (AvgIpc) is 3.57. The number of hydrogen-bond acceptors (Lipinski definition) is 7. The zero-order valence-corrected chi connectivity index (χ0v) is 20.2. The number of aromatic nitrogens is 3. The molecule has 0 spiro atoms. The van der Waals surface area contributed by atoms with E-state index in [0.717, 1.165) is 12.8 Å². The van der Waals surface area contributed by atoms with Gasteiger partial charge >= 0.3 is 0 Å². The van der Waals surface area contributed by atoms with Crippen LogP contribution in [0, 0.1) is 5.92 Å². The summed E-state index contributed by atoms with van der Waals surface area (Å²) in [5, 5.41) is 8.75. The maximum atomic E-state index is 12.9. The second-order valence-corrected chi connectivity index (χ2v) is 11.3. The van der Waals surface area contributed by atoms with Crippen LogP contribution in [0.3, 0.4) is 0 Å². The summed E-state index contributed by atoms with van der Waals surface area (Å²) in [6.45, 7) is 3.31. The quantitative estimate of drug-likeness (QED) is 0.274. The molecule has 9 nitrogen and oxygen atoms in total. The Kier molecular flexibility index (Phi) is 5.89. The van der Waals surface area contributed by atoms with Crippen molar-refractivity contribution >= 4 is 55.6 Å². The van der Waals surface area contributed by atoms with E-state index in [1.54, 1.807) is 44.3 Å². The van der Waals surface area contributed by atoms with E-state index in [0.29, 0.717) is 39.9 Å². The molecule has 1 amide bonds. The van der Waals surface area contributed by atoms with Crippen molar-refractivity contribution in [3.05, 3.63) is 60.8 Å². The highest BCUT2D eigenvalue weighted by molar-refractivity contribution is 7.92. The molecule has 4 N–H and O–H groups in total. The van der Waals surface area contributed by atoms with Gasteiger partial charge in [-0.3, -0.25) is 4.79 Å². The summed E-state index contributed by atoms with van der Waals surface area (Å²) in [6, 6.07) is 15.9. The highest BCUT2D eigenvalue weighted by Crippen LogP contribution is 2.32. The Labute approximate surface area is 203 Å². The molecule has 180 valence electrons. The fraction of sp³-hybridized carbons (Fsp3) is 0.240. The molecule has 0 aliphatic heterocycles. The van der Waals surface area contributed by atoms with Crippen molar-refractivity contribution in [1.82, 2.24) is 15.0 Å². The molecule has 2 heterocycles.